The van der Waals surface area contributed by atoms with Crippen LogP contribution in [0.25, 0.3) is 10.9 Å². The summed E-state index contributed by atoms with van der Waals surface area (Å²) in [6.07, 6.45) is 4.18. The second kappa shape index (κ2) is 24.4. The number of carboxylic acid groups (broad SMARTS) is 1. The number of carboxylic acids is 1. The molecule has 0 spiro atoms. The van der Waals surface area contributed by atoms with E-state index in [4.69, 9.17) is 5.11 Å². The van der Waals surface area contributed by atoms with E-state index in [-0.39, 0.29) is 19.1 Å². The van der Waals surface area contributed by atoms with E-state index in [1.807, 2.05) is 68.9 Å². The minimum Gasteiger partial charge on any atom is -0.478 e. The first-order chi connectivity index (χ1) is 25.7. The maximum Gasteiger partial charge on any atom is 0.335 e. The molecule has 0 aliphatic heterocycles. The van der Waals surface area contributed by atoms with E-state index in [1.54, 1.807) is 18.3 Å². The van der Waals surface area contributed by atoms with Crippen LogP contribution in [0.1, 0.15) is 132 Å². The fourth-order valence-corrected chi connectivity index (χ4v) is 5.70. The molecule has 3 aromatic carbocycles. The molecule has 0 radical (unpaired) electrons. The molecule has 2 aromatic heterocycles. The zero-order chi connectivity index (χ0) is 40.4. The lowest BCUT2D eigenvalue weighted by Gasteiger charge is -2.11. The molecule has 0 bridgehead atoms. The molecule has 10 nitrogen and oxygen atoms in total. The molecule has 298 valence electrons. The number of Topliss-reactive ketones (excluding diaryl/α,β-unsaturated/α-hetero) is 1. The van der Waals surface area contributed by atoms with Crippen molar-refractivity contribution in [2.75, 3.05) is 5.32 Å². The third-order valence-corrected chi connectivity index (χ3v) is 9.54. The minimum atomic E-state index is -0.865. The lowest BCUT2D eigenvalue weighted by molar-refractivity contribution is -0.119. The van der Waals surface area contributed by atoms with Crippen molar-refractivity contribution in [1.29, 1.82) is 0 Å². The Kier molecular flexibility index (Phi) is 21.3. The summed E-state index contributed by atoms with van der Waals surface area (Å²) in [7, 11) is 1.98. The standard InChI is InChI=1S/C20H26N4O2S.C11H14O2.C10H12N2.C2H6.CH4/c1-13(2)17-10-11-21-20(23-17)22-16-9-8-14(3)18(12-16)27-24-19(26)7-5-6-15(4)25;1-3-8(2)9-4-6-10(7-5-9)11(12)13;1-7-4-5-9-8(2)12(3)11-10(9)6-7;1-2;/h8-13H,5-7H2,1-4H3,(H,24,26)(H,21,22,23);4-8H,3H2,1-2H3,(H,12,13);4-6H,1-3H3;1-2H3;1H4. The van der Waals surface area contributed by atoms with Crippen LogP contribution >= 0.6 is 11.9 Å². The van der Waals surface area contributed by atoms with Gasteiger partial charge in [-0.15, -0.1) is 0 Å². The van der Waals surface area contributed by atoms with Crippen molar-refractivity contribution >= 4 is 52.1 Å². The fraction of sp³-hybridized carbons (Fsp3) is 0.409. The Morgan fingerprint density at radius 3 is 2.18 bits per heavy atom. The zero-order valence-corrected chi connectivity index (χ0v) is 34.6. The van der Waals surface area contributed by atoms with Crippen LogP contribution < -0.4 is 10.0 Å². The number of anilines is 2. The monoisotopic (exact) mass is 770 g/mol. The van der Waals surface area contributed by atoms with Crippen molar-refractivity contribution in [3.8, 4) is 0 Å². The van der Waals surface area contributed by atoms with Crippen molar-refractivity contribution in [2.24, 2.45) is 7.05 Å². The second-order valence-corrected chi connectivity index (χ2v) is 14.1. The summed E-state index contributed by atoms with van der Waals surface area (Å²) in [6, 6.07) is 21.3. The molecule has 0 saturated carbocycles. The average molecular weight is 771 g/mol. The first-order valence-corrected chi connectivity index (χ1v) is 19.4. The normalized spacial score (nSPS) is 10.7. The zero-order valence-electron chi connectivity index (χ0n) is 33.8. The van der Waals surface area contributed by atoms with E-state index < -0.39 is 5.97 Å². The Balaban J connectivity index is 0.000000448. The van der Waals surface area contributed by atoms with Crippen LogP contribution in [0.15, 0.2) is 77.8 Å². The van der Waals surface area contributed by atoms with Gasteiger partial charge in [-0.3, -0.25) is 14.2 Å². The number of aryl methyl sites for hydroxylation is 4. The van der Waals surface area contributed by atoms with Gasteiger partial charge >= 0.3 is 5.97 Å². The van der Waals surface area contributed by atoms with Gasteiger partial charge in [-0.25, -0.2) is 14.8 Å². The van der Waals surface area contributed by atoms with Crippen molar-refractivity contribution in [3.05, 3.63) is 107 Å². The van der Waals surface area contributed by atoms with Crippen LogP contribution in [-0.4, -0.2) is 42.5 Å². The molecular weight excluding hydrogens is 709 g/mol. The third kappa shape index (κ3) is 16.1. The van der Waals surface area contributed by atoms with Gasteiger partial charge in [0.2, 0.25) is 11.9 Å². The molecule has 5 rings (SSSR count). The highest BCUT2D eigenvalue weighted by Crippen LogP contribution is 2.26. The van der Waals surface area contributed by atoms with Crippen LogP contribution in [0.5, 0.6) is 0 Å². The SMILES string of the molecule is C.CC.CC(=O)CCCC(=O)NSc1cc(Nc2nccc(C(C)C)n2)ccc1C.CCC(C)c1ccc(C(=O)O)cc1.Cc1ccc2c(C)n(C)nc2c1. The maximum absolute atomic E-state index is 11.9. The lowest BCUT2D eigenvalue weighted by Crippen LogP contribution is -2.15. The van der Waals surface area contributed by atoms with Crippen LogP contribution in [0.3, 0.4) is 0 Å². The highest BCUT2D eigenvalue weighted by molar-refractivity contribution is 7.98. The number of benzene rings is 3. The number of ketones is 1. The fourth-order valence-electron chi connectivity index (χ4n) is 4.96. The van der Waals surface area contributed by atoms with Gasteiger partial charge in [-0.2, -0.15) is 5.10 Å². The number of hydrogen-bond acceptors (Lipinski definition) is 8. The molecule has 55 heavy (non-hydrogen) atoms. The maximum atomic E-state index is 11.9. The number of rotatable bonds is 12. The number of fused-ring (bicyclic) bond motifs is 1. The average Bonchev–Trinajstić information content (AvgIpc) is 3.44. The Bertz CT molecular complexity index is 1960. The summed E-state index contributed by atoms with van der Waals surface area (Å²) in [5, 5.41) is 17.5. The number of carbonyl (C=O) groups excluding carboxylic acids is 2. The Morgan fingerprint density at radius 2 is 1.58 bits per heavy atom. The van der Waals surface area contributed by atoms with Gasteiger partial charge in [-0.05, 0) is 117 Å². The van der Waals surface area contributed by atoms with Crippen LogP contribution in [-0.2, 0) is 16.6 Å². The molecule has 5 aromatic rings. The van der Waals surface area contributed by atoms with Gasteiger partial charge in [0.15, 0.2) is 0 Å². The molecular formula is C44H62N6O4S. The number of nitrogens with zero attached hydrogens (tertiary/aromatic N) is 4. The van der Waals surface area contributed by atoms with E-state index in [9.17, 15) is 14.4 Å². The quantitative estimate of drug-likeness (QED) is 0.106. The summed E-state index contributed by atoms with van der Waals surface area (Å²) in [5.41, 5.74) is 8.04. The molecule has 2 heterocycles. The van der Waals surface area contributed by atoms with Crippen LogP contribution in [0.2, 0.25) is 0 Å². The molecule has 1 unspecified atom stereocenters. The molecule has 0 fully saturated rings. The van der Waals surface area contributed by atoms with Crippen molar-refractivity contribution in [3.63, 3.8) is 0 Å². The van der Waals surface area contributed by atoms with Crippen molar-refractivity contribution < 1.29 is 19.5 Å². The van der Waals surface area contributed by atoms with Gasteiger partial charge in [0.05, 0.1) is 11.1 Å². The highest BCUT2D eigenvalue weighted by Gasteiger charge is 2.09. The second-order valence-electron chi connectivity index (χ2n) is 13.2. The van der Waals surface area contributed by atoms with Crippen LogP contribution in [0, 0.1) is 20.8 Å². The lowest BCUT2D eigenvalue weighted by atomic mass is 9.98. The number of carbonyl (C=O) groups is 3. The largest absolute Gasteiger partial charge is 0.478 e. The molecule has 0 aliphatic carbocycles. The Hall–Kier alpha value is -5.03. The van der Waals surface area contributed by atoms with Gasteiger partial charge in [0.1, 0.15) is 5.78 Å². The minimum absolute atomic E-state index is 0. The molecule has 0 aliphatic rings. The summed E-state index contributed by atoms with van der Waals surface area (Å²) >= 11 is 1.28. The number of nitrogens with one attached hydrogen (secondary N) is 2. The molecule has 11 heteroatoms. The van der Waals surface area contributed by atoms with Crippen LogP contribution in [0.4, 0.5) is 11.6 Å². The summed E-state index contributed by atoms with van der Waals surface area (Å²) in [6.45, 7) is 20.1. The third-order valence-electron chi connectivity index (χ3n) is 8.55. The Labute approximate surface area is 333 Å². The molecule has 1 amide bonds. The van der Waals surface area contributed by atoms with Gasteiger partial charge < -0.3 is 15.2 Å². The van der Waals surface area contributed by atoms with E-state index in [0.29, 0.717) is 42.6 Å². The summed E-state index contributed by atoms with van der Waals surface area (Å²) in [5.74, 6) is 0.546. The van der Waals surface area contributed by atoms with Crippen molar-refractivity contribution in [1.82, 2.24) is 24.5 Å². The first kappa shape index (κ1) is 48.0. The number of hydrogen-bond donors (Lipinski definition) is 3. The van der Waals surface area contributed by atoms with E-state index in [2.05, 4.69) is 84.8 Å². The van der Waals surface area contributed by atoms with E-state index in [0.717, 1.165) is 33.8 Å². The van der Waals surface area contributed by atoms with E-state index >= 15 is 0 Å². The summed E-state index contributed by atoms with van der Waals surface area (Å²) in [4.78, 5) is 43.1. The number of aromatic nitrogens is 4. The van der Waals surface area contributed by atoms with Crippen molar-refractivity contribution in [2.45, 2.75) is 119 Å². The number of aromatic carboxylic acids is 1. The molecule has 3 N–H and O–H groups in total. The van der Waals surface area contributed by atoms with E-state index in [1.165, 1.54) is 41.1 Å². The van der Waals surface area contributed by atoms with Gasteiger partial charge in [0, 0.05) is 53.4 Å². The molecule has 0 saturated heterocycles. The first-order valence-electron chi connectivity index (χ1n) is 18.6. The Morgan fingerprint density at radius 1 is 0.909 bits per heavy atom. The van der Waals surface area contributed by atoms with Gasteiger partial charge in [0.25, 0.3) is 0 Å². The number of amides is 1. The predicted octanol–water partition coefficient (Wildman–Crippen LogP) is 11.3. The molecule has 1 atom stereocenters. The predicted molar refractivity (Wildman–Crippen MR) is 229 cm³/mol. The topological polar surface area (TPSA) is 139 Å². The summed E-state index contributed by atoms with van der Waals surface area (Å²) < 4.78 is 4.76. The van der Waals surface area contributed by atoms with Gasteiger partial charge in [-0.1, -0.05) is 79.3 Å². The smallest absolute Gasteiger partial charge is 0.335 e. The highest BCUT2D eigenvalue weighted by atomic mass is 32.2.